The summed E-state index contributed by atoms with van der Waals surface area (Å²) in [6.45, 7) is 3.80. The average Bonchev–Trinajstić information content (AvgIpc) is 2.45. The van der Waals surface area contributed by atoms with Crippen LogP contribution in [0.15, 0.2) is 30.3 Å². The molecule has 0 unspecified atom stereocenters. The van der Waals surface area contributed by atoms with Crippen LogP contribution in [0.5, 0.6) is 0 Å². The summed E-state index contributed by atoms with van der Waals surface area (Å²) >= 11 is 0. The highest BCUT2D eigenvalue weighted by atomic mass is 16.1. The van der Waals surface area contributed by atoms with Crippen LogP contribution in [0.25, 0.3) is 0 Å². The monoisotopic (exact) mass is 278 g/mol. The van der Waals surface area contributed by atoms with Crippen molar-refractivity contribution in [1.82, 2.24) is 4.98 Å². The molecule has 1 aromatic carbocycles. The fourth-order valence-electron chi connectivity index (χ4n) is 2.07. The molecule has 3 nitrogen and oxygen atoms in total. The molecule has 3 heteroatoms. The molecule has 0 saturated carbocycles. The molecule has 0 fully saturated rings. The number of carbonyl (C=O) groups is 1. The van der Waals surface area contributed by atoms with Crippen LogP contribution >= 0.6 is 0 Å². The number of rotatable bonds is 2. The second-order valence-corrected chi connectivity index (χ2v) is 5.15. The summed E-state index contributed by atoms with van der Waals surface area (Å²) in [6, 6.07) is 9.84. The van der Waals surface area contributed by atoms with Crippen molar-refractivity contribution in [3.8, 4) is 11.8 Å². The highest BCUT2D eigenvalue weighted by molar-refractivity contribution is 5.80. The molecular formula is C18H18N2O. The molecule has 0 aliphatic carbocycles. The number of nitrogens with zero attached hydrogens (tertiary/aromatic N) is 2. The number of aromatic nitrogens is 1. The number of aldehydes is 1. The molecule has 0 saturated heterocycles. The zero-order chi connectivity index (χ0) is 15.4. The third-order valence-corrected chi connectivity index (χ3v) is 3.22. The van der Waals surface area contributed by atoms with E-state index in [2.05, 4.69) is 16.8 Å². The SMILES string of the molecule is Cc1cc(C)c(C=O)c(C#Cc2ccc(N(C)C)cc2)n1. The van der Waals surface area contributed by atoms with Gasteiger partial charge < -0.3 is 4.90 Å². The standard InChI is InChI=1S/C18H18N2O/c1-13-11-14(2)19-18(17(13)12-21)10-7-15-5-8-16(9-6-15)20(3)4/h5-6,8-9,11-12H,1-4H3. The van der Waals surface area contributed by atoms with Gasteiger partial charge in [-0.1, -0.05) is 5.92 Å². The summed E-state index contributed by atoms with van der Waals surface area (Å²) in [7, 11) is 3.99. The molecule has 0 aliphatic rings. The van der Waals surface area contributed by atoms with Crippen LogP contribution in [0.1, 0.15) is 32.9 Å². The van der Waals surface area contributed by atoms with Crippen molar-refractivity contribution in [2.75, 3.05) is 19.0 Å². The van der Waals surface area contributed by atoms with Crippen LogP contribution in [0.4, 0.5) is 5.69 Å². The molecule has 2 aromatic rings. The molecule has 0 amide bonds. The average molecular weight is 278 g/mol. The lowest BCUT2D eigenvalue weighted by Crippen LogP contribution is -2.07. The van der Waals surface area contributed by atoms with E-state index in [0.717, 1.165) is 28.8 Å². The van der Waals surface area contributed by atoms with E-state index in [4.69, 9.17) is 0 Å². The van der Waals surface area contributed by atoms with Crippen LogP contribution in [0.3, 0.4) is 0 Å². The fourth-order valence-corrected chi connectivity index (χ4v) is 2.07. The number of anilines is 1. The molecule has 21 heavy (non-hydrogen) atoms. The second kappa shape index (κ2) is 6.23. The van der Waals surface area contributed by atoms with Crippen molar-refractivity contribution in [2.24, 2.45) is 0 Å². The highest BCUT2D eigenvalue weighted by Crippen LogP contribution is 2.13. The topological polar surface area (TPSA) is 33.2 Å². The molecule has 2 rings (SSSR count). The van der Waals surface area contributed by atoms with Gasteiger partial charge in [-0.2, -0.15) is 0 Å². The first-order valence-electron chi connectivity index (χ1n) is 6.74. The summed E-state index contributed by atoms with van der Waals surface area (Å²) in [6.07, 6.45) is 0.820. The molecule has 0 bridgehead atoms. The molecule has 1 heterocycles. The minimum atomic E-state index is 0.541. The molecule has 0 N–H and O–H groups in total. The van der Waals surface area contributed by atoms with Crippen molar-refractivity contribution in [3.63, 3.8) is 0 Å². The zero-order valence-electron chi connectivity index (χ0n) is 12.8. The number of aryl methyl sites for hydroxylation is 2. The first-order chi connectivity index (χ1) is 10.0. The van der Waals surface area contributed by atoms with Crippen molar-refractivity contribution in [1.29, 1.82) is 0 Å². The Balaban J connectivity index is 2.37. The summed E-state index contributed by atoms with van der Waals surface area (Å²) < 4.78 is 0. The maximum Gasteiger partial charge on any atom is 0.153 e. The van der Waals surface area contributed by atoms with Gasteiger partial charge in [0.05, 0.1) is 5.56 Å². The Bertz CT molecular complexity index is 719. The maximum absolute atomic E-state index is 11.2. The normalized spacial score (nSPS) is 9.71. The lowest BCUT2D eigenvalue weighted by atomic mass is 10.1. The smallest absolute Gasteiger partial charge is 0.153 e. The lowest BCUT2D eigenvalue weighted by Gasteiger charge is -2.11. The van der Waals surface area contributed by atoms with E-state index in [1.165, 1.54) is 0 Å². The molecule has 1 aromatic heterocycles. The van der Waals surface area contributed by atoms with Gasteiger partial charge in [-0.05, 0) is 55.7 Å². The van der Waals surface area contributed by atoms with Gasteiger partial charge in [0.25, 0.3) is 0 Å². The van der Waals surface area contributed by atoms with Crippen LogP contribution < -0.4 is 4.90 Å². The largest absolute Gasteiger partial charge is 0.378 e. The molecule has 106 valence electrons. The predicted octanol–water partition coefficient (Wildman–Crippen LogP) is 2.98. The number of hydrogen-bond donors (Lipinski definition) is 0. The highest BCUT2D eigenvalue weighted by Gasteiger charge is 2.05. The minimum Gasteiger partial charge on any atom is -0.378 e. The molecule has 0 radical (unpaired) electrons. The van der Waals surface area contributed by atoms with Crippen molar-refractivity contribution in [3.05, 3.63) is 58.4 Å². The number of hydrogen-bond acceptors (Lipinski definition) is 3. The van der Waals surface area contributed by atoms with E-state index >= 15 is 0 Å². The van der Waals surface area contributed by atoms with Crippen LogP contribution in [0.2, 0.25) is 0 Å². The second-order valence-electron chi connectivity index (χ2n) is 5.15. The van der Waals surface area contributed by atoms with Crippen LogP contribution in [-0.2, 0) is 0 Å². The quantitative estimate of drug-likeness (QED) is 0.625. The lowest BCUT2D eigenvalue weighted by molar-refractivity contribution is 0.112. The Morgan fingerprint density at radius 3 is 2.33 bits per heavy atom. The van der Waals surface area contributed by atoms with Crippen molar-refractivity contribution in [2.45, 2.75) is 13.8 Å². The first-order valence-corrected chi connectivity index (χ1v) is 6.74. The van der Waals surface area contributed by atoms with Gasteiger partial charge >= 0.3 is 0 Å². The van der Waals surface area contributed by atoms with Crippen molar-refractivity contribution >= 4 is 12.0 Å². The van der Waals surface area contributed by atoms with Crippen LogP contribution in [0, 0.1) is 25.7 Å². The van der Waals surface area contributed by atoms with E-state index in [0.29, 0.717) is 11.3 Å². The Labute approximate surface area is 125 Å². The number of benzene rings is 1. The zero-order valence-corrected chi connectivity index (χ0v) is 12.8. The van der Waals surface area contributed by atoms with Gasteiger partial charge in [0.1, 0.15) is 5.69 Å². The number of pyridine rings is 1. The van der Waals surface area contributed by atoms with E-state index in [9.17, 15) is 4.79 Å². The van der Waals surface area contributed by atoms with Gasteiger partial charge in [0.15, 0.2) is 6.29 Å². The molecule has 0 aliphatic heterocycles. The number of carbonyl (C=O) groups excluding carboxylic acids is 1. The summed E-state index contributed by atoms with van der Waals surface area (Å²) in [5.74, 6) is 6.07. The third-order valence-electron chi connectivity index (χ3n) is 3.22. The van der Waals surface area contributed by atoms with E-state index < -0.39 is 0 Å². The fraction of sp³-hybridized carbons (Fsp3) is 0.222. The van der Waals surface area contributed by atoms with Gasteiger partial charge in [-0.3, -0.25) is 4.79 Å². The molecule has 0 atom stereocenters. The van der Waals surface area contributed by atoms with E-state index in [1.54, 1.807) is 0 Å². The van der Waals surface area contributed by atoms with E-state index in [-0.39, 0.29) is 0 Å². The Kier molecular flexibility index (Phi) is 4.39. The molecule has 0 spiro atoms. The van der Waals surface area contributed by atoms with E-state index in [1.807, 2.05) is 63.2 Å². The third kappa shape index (κ3) is 3.49. The van der Waals surface area contributed by atoms with Gasteiger partial charge in [0.2, 0.25) is 0 Å². The Morgan fingerprint density at radius 1 is 1.10 bits per heavy atom. The summed E-state index contributed by atoms with van der Waals surface area (Å²) in [4.78, 5) is 17.6. The summed E-state index contributed by atoms with van der Waals surface area (Å²) in [5, 5.41) is 0. The van der Waals surface area contributed by atoms with Gasteiger partial charge in [0, 0.05) is 31.0 Å². The van der Waals surface area contributed by atoms with Gasteiger partial charge in [-0.25, -0.2) is 4.98 Å². The maximum atomic E-state index is 11.2. The van der Waals surface area contributed by atoms with Crippen molar-refractivity contribution < 1.29 is 4.79 Å². The predicted molar refractivity (Wildman–Crippen MR) is 85.8 cm³/mol. The minimum absolute atomic E-state index is 0.541. The summed E-state index contributed by atoms with van der Waals surface area (Å²) in [5.41, 5.74) is 4.91. The Morgan fingerprint density at radius 2 is 1.76 bits per heavy atom. The van der Waals surface area contributed by atoms with Crippen LogP contribution in [-0.4, -0.2) is 25.4 Å². The first kappa shape index (κ1) is 14.8. The Hall–Kier alpha value is -2.60. The van der Waals surface area contributed by atoms with Gasteiger partial charge in [-0.15, -0.1) is 0 Å². The molecular weight excluding hydrogens is 260 g/mol.